The summed E-state index contributed by atoms with van der Waals surface area (Å²) in [4.78, 5) is 3.73. The fourth-order valence-corrected chi connectivity index (χ4v) is 1.64. The number of anilines is 1. The molecule has 5 heteroatoms. The molecule has 0 aliphatic rings. The third-order valence-corrected chi connectivity index (χ3v) is 2.83. The van der Waals surface area contributed by atoms with Crippen LogP contribution >= 0.6 is 0 Å². The second-order valence-electron chi connectivity index (χ2n) is 5.38. The van der Waals surface area contributed by atoms with Gasteiger partial charge in [-0.15, -0.1) is 0 Å². The van der Waals surface area contributed by atoms with Crippen LogP contribution in [0, 0.1) is 11.3 Å². The molecule has 0 aliphatic carbocycles. The molecular formula is C15H16N4O. The molecule has 5 nitrogen and oxygen atoms in total. The van der Waals surface area contributed by atoms with Gasteiger partial charge in [0.2, 0.25) is 5.69 Å². The summed E-state index contributed by atoms with van der Waals surface area (Å²) in [6.45, 7) is 6.51. The van der Waals surface area contributed by atoms with Crippen molar-refractivity contribution in [3.05, 3.63) is 47.5 Å². The lowest BCUT2D eigenvalue weighted by Crippen LogP contribution is -2.10. The van der Waals surface area contributed by atoms with Gasteiger partial charge < -0.3 is 4.42 Å². The van der Waals surface area contributed by atoms with Crippen LogP contribution in [0.2, 0.25) is 0 Å². The van der Waals surface area contributed by atoms with E-state index in [4.69, 9.17) is 9.68 Å². The number of hydrogen-bond acceptors (Lipinski definition) is 5. The maximum absolute atomic E-state index is 8.77. The first kappa shape index (κ1) is 13.8. The summed E-state index contributed by atoms with van der Waals surface area (Å²) in [6, 6.07) is 10.1. The van der Waals surface area contributed by atoms with E-state index in [1.165, 1.54) is 12.0 Å². The fourth-order valence-electron chi connectivity index (χ4n) is 1.64. The summed E-state index contributed by atoms with van der Waals surface area (Å²) < 4.78 is 5.00. The Morgan fingerprint density at radius 3 is 2.60 bits per heavy atom. The molecule has 102 valence electrons. The zero-order valence-corrected chi connectivity index (χ0v) is 11.7. The maximum atomic E-state index is 8.77. The number of oxazole rings is 1. The highest BCUT2D eigenvalue weighted by Gasteiger charge is 2.12. The summed E-state index contributed by atoms with van der Waals surface area (Å²) in [7, 11) is 0. The van der Waals surface area contributed by atoms with Crippen molar-refractivity contribution in [2.24, 2.45) is 5.10 Å². The molecule has 0 radical (unpaired) electrons. The van der Waals surface area contributed by atoms with Gasteiger partial charge in [-0.05, 0) is 16.5 Å². The van der Waals surface area contributed by atoms with Gasteiger partial charge in [0.25, 0.3) is 5.88 Å². The predicted octanol–water partition coefficient (Wildman–Crippen LogP) is 3.29. The highest BCUT2D eigenvalue weighted by atomic mass is 16.4. The summed E-state index contributed by atoms with van der Waals surface area (Å²) in [5.74, 6) is 0.245. The van der Waals surface area contributed by atoms with Gasteiger partial charge in [0.1, 0.15) is 6.07 Å². The average Bonchev–Trinajstić information content (AvgIpc) is 2.86. The molecule has 1 N–H and O–H groups in total. The quantitative estimate of drug-likeness (QED) is 0.684. The van der Waals surface area contributed by atoms with Crippen molar-refractivity contribution in [1.29, 1.82) is 5.26 Å². The molecule has 2 aromatic rings. The van der Waals surface area contributed by atoms with Gasteiger partial charge >= 0.3 is 0 Å². The zero-order valence-electron chi connectivity index (χ0n) is 11.7. The number of nitrogens with zero attached hydrogens (tertiary/aromatic N) is 3. The Morgan fingerprint density at radius 2 is 2.00 bits per heavy atom. The summed E-state index contributed by atoms with van der Waals surface area (Å²) in [6.07, 6.45) is 2.87. The second kappa shape index (κ2) is 5.57. The topological polar surface area (TPSA) is 74.2 Å². The number of aromatic nitrogens is 1. The first-order valence-electron chi connectivity index (χ1n) is 6.24. The fraction of sp³-hybridized carbons (Fsp3) is 0.267. The second-order valence-corrected chi connectivity index (χ2v) is 5.38. The van der Waals surface area contributed by atoms with Crippen LogP contribution in [0.4, 0.5) is 5.88 Å². The Balaban J connectivity index is 2.04. The van der Waals surface area contributed by atoms with Crippen molar-refractivity contribution < 1.29 is 4.42 Å². The van der Waals surface area contributed by atoms with Crippen LogP contribution in [0.1, 0.15) is 37.6 Å². The van der Waals surface area contributed by atoms with Crippen molar-refractivity contribution in [1.82, 2.24) is 4.98 Å². The highest BCUT2D eigenvalue weighted by Crippen LogP contribution is 2.21. The van der Waals surface area contributed by atoms with Crippen molar-refractivity contribution in [2.45, 2.75) is 26.2 Å². The Hall–Kier alpha value is -2.61. The Morgan fingerprint density at radius 1 is 1.30 bits per heavy atom. The molecule has 0 amide bonds. The first-order valence-corrected chi connectivity index (χ1v) is 6.24. The summed E-state index contributed by atoms with van der Waals surface area (Å²) >= 11 is 0. The van der Waals surface area contributed by atoms with Gasteiger partial charge in [0.15, 0.2) is 6.39 Å². The molecular weight excluding hydrogens is 252 g/mol. The van der Waals surface area contributed by atoms with E-state index < -0.39 is 0 Å². The van der Waals surface area contributed by atoms with Crippen LogP contribution in [0.3, 0.4) is 0 Å². The maximum Gasteiger partial charge on any atom is 0.251 e. The minimum atomic E-state index is 0.134. The van der Waals surface area contributed by atoms with Crippen molar-refractivity contribution >= 4 is 12.1 Å². The minimum absolute atomic E-state index is 0.134. The van der Waals surface area contributed by atoms with Gasteiger partial charge in [-0.3, -0.25) is 0 Å². The van der Waals surface area contributed by atoms with Crippen LogP contribution in [0.15, 0.2) is 40.2 Å². The van der Waals surface area contributed by atoms with E-state index in [9.17, 15) is 0 Å². The van der Waals surface area contributed by atoms with Crippen LogP contribution in [0.25, 0.3) is 0 Å². The number of hydrogen-bond donors (Lipinski definition) is 1. The highest BCUT2D eigenvalue weighted by molar-refractivity contribution is 5.80. The van der Waals surface area contributed by atoms with E-state index in [1.807, 2.05) is 18.2 Å². The van der Waals surface area contributed by atoms with Gasteiger partial charge in [-0.1, -0.05) is 45.0 Å². The molecule has 0 saturated carbocycles. The van der Waals surface area contributed by atoms with Crippen LogP contribution in [-0.2, 0) is 5.41 Å². The largest absolute Gasteiger partial charge is 0.425 e. The number of rotatable bonds is 3. The minimum Gasteiger partial charge on any atom is -0.425 e. The molecule has 20 heavy (non-hydrogen) atoms. The zero-order chi connectivity index (χ0) is 14.6. The molecule has 0 unspecified atom stereocenters. The number of nitriles is 1. The molecule has 0 atom stereocenters. The smallest absolute Gasteiger partial charge is 0.251 e. The van der Waals surface area contributed by atoms with Crippen LogP contribution in [0.5, 0.6) is 0 Å². The van der Waals surface area contributed by atoms with E-state index in [1.54, 1.807) is 6.21 Å². The van der Waals surface area contributed by atoms with E-state index in [0.29, 0.717) is 0 Å². The molecule has 0 spiro atoms. The van der Waals surface area contributed by atoms with Crippen LogP contribution in [-0.4, -0.2) is 11.2 Å². The summed E-state index contributed by atoms with van der Waals surface area (Å²) in [5, 5.41) is 12.8. The number of benzene rings is 1. The predicted molar refractivity (Wildman–Crippen MR) is 77.6 cm³/mol. The van der Waals surface area contributed by atoms with E-state index >= 15 is 0 Å². The van der Waals surface area contributed by atoms with Gasteiger partial charge in [-0.2, -0.15) is 10.4 Å². The van der Waals surface area contributed by atoms with Gasteiger partial charge in [0, 0.05) is 0 Å². The molecule has 0 aliphatic heterocycles. The monoisotopic (exact) mass is 268 g/mol. The molecule has 1 aromatic carbocycles. The SMILES string of the molecule is CC(C)(C)c1ccc(/C=N/Nc2ocnc2C#N)cc1. The van der Waals surface area contributed by atoms with E-state index in [0.717, 1.165) is 5.56 Å². The molecule has 1 heterocycles. The lowest BCUT2D eigenvalue weighted by atomic mass is 9.87. The van der Waals surface area contributed by atoms with Crippen molar-refractivity contribution in [3.8, 4) is 6.07 Å². The van der Waals surface area contributed by atoms with E-state index in [-0.39, 0.29) is 17.0 Å². The Labute approximate surface area is 118 Å². The normalized spacial score (nSPS) is 11.5. The number of hydrazone groups is 1. The lowest BCUT2D eigenvalue weighted by molar-refractivity contribution is 0.570. The number of nitrogens with one attached hydrogen (secondary N) is 1. The average molecular weight is 268 g/mol. The molecule has 0 bridgehead atoms. The van der Waals surface area contributed by atoms with Crippen molar-refractivity contribution in [2.75, 3.05) is 5.43 Å². The third-order valence-electron chi connectivity index (χ3n) is 2.83. The standard InChI is InChI=1S/C15H16N4O/c1-15(2,3)12-6-4-11(5-7-12)9-18-19-14-13(8-16)17-10-20-14/h4-7,9-10,19H,1-3H3/b18-9+. The Bertz CT molecular complexity index is 642. The van der Waals surface area contributed by atoms with Crippen molar-refractivity contribution in [3.63, 3.8) is 0 Å². The lowest BCUT2D eigenvalue weighted by Gasteiger charge is -2.18. The van der Waals surface area contributed by atoms with Crippen LogP contribution < -0.4 is 5.43 Å². The van der Waals surface area contributed by atoms with Gasteiger partial charge in [0.05, 0.1) is 6.21 Å². The molecule has 0 fully saturated rings. The Kier molecular flexibility index (Phi) is 3.85. The van der Waals surface area contributed by atoms with E-state index in [2.05, 4.69) is 48.4 Å². The molecule has 0 saturated heterocycles. The molecule has 2 rings (SSSR count). The third kappa shape index (κ3) is 3.23. The first-order chi connectivity index (χ1) is 9.50. The molecule has 1 aromatic heterocycles. The summed E-state index contributed by atoms with van der Waals surface area (Å²) in [5.41, 5.74) is 5.20. The van der Waals surface area contributed by atoms with Gasteiger partial charge in [-0.25, -0.2) is 10.4 Å².